The summed E-state index contributed by atoms with van der Waals surface area (Å²) in [7, 11) is -4.12. The van der Waals surface area contributed by atoms with Gasteiger partial charge in [-0.15, -0.1) is 12.4 Å². The summed E-state index contributed by atoms with van der Waals surface area (Å²) >= 11 is 0. The van der Waals surface area contributed by atoms with E-state index in [0.717, 1.165) is 32.1 Å². The quantitative estimate of drug-likeness (QED) is 0.192. The first-order valence-electron chi connectivity index (χ1n) is 13.1. The summed E-state index contributed by atoms with van der Waals surface area (Å²) in [4.78, 5) is 17.1. The number of hydrogen-bond donors (Lipinski definition) is 2. The van der Waals surface area contributed by atoms with Crippen molar-refractivity contribution in [3.63, 3.8) is 0 Å². The molecule has 0 spiro atoms. The molecule has 3 rings (SSSR count). The van der Waals surface area contributed by atoms with E-state index < -0.39 is 22.0 Å². The molecule has 1 aromatic carbocycles. The van der Waals surface area contributed by atoms with Crippen molar-refractivity contribution in [2.75, 3.05) is 13.2 Å². The molecule has 212 valence electrons. The fourth-order valence-corrected chi connectivity index (χ4v) is 6.32. The molecule has 1 amide bonds. The summed E-state index contributed by atoms with van der Waals surface area (Å²) in [6, 6.07) is 8.61. The van der Waals surface area contributed by atoms with Gasteiger partial charge in [0.15, 0.2) is 0 Å². The molecule has 1 atom stereocenters. The summed E-state index contributed by atoms with van der Waals surface area (Å²) < 4.78 is 40.8. The highest BCUT2D eigenvalue weighted by Crippen LogP contribution is 2.34. The SMILES string of the molecule is CCCCOc1ccc(S(=O)(=O)N(Cc2ccncc2)C(C(=O)NO)[C@H]2CC[C@H](OCCC)CC2)cc1.Cl. The minimum Gasteiger partial charge on any atom is -0.494 e. The number of benzene rings is 1. The number of hydrogen-bond acceptors (Lipinski definition) is 7. The minimum absolute atomic E-state index is 0. The van der Waals surface area contributed by atoms with Crippen LogP contribution in [0.4, 0.5) is 0 Å². The van der Waals surface area contributed by atoms with E-state index in [1.165, 1.54) is 16.4 Å². The second-order valence-electron chi connectivity index (χ2n) is 9.41. The van der Waals surface area contributed by atoms with Crippen molar-refractivity contribution in [2.24, 2.45) is 5.92 Å². The van der Waals surface area contributed by atoms with Gasteiger partial charge in [0.1, 0.15) is 11.8 Å². The number of nitrogens with one attached hydrogen (secondary N) is 1. The number of amides is 1. The molecule has 38 heavy (non-hydrogen) atoms. The van der Waals surface area contributed by atoms with E-state index in [1.807, 2.05) is 0 Å². The first-order valence-corrected chi connectivity index (χ1v) is 14.5. The Bertz CT molecular complexity index is 1060. The smallest absolute Gasteiger partial charge is 0.262 e. The minimum atomic E-state index is -4.12. The van der Waals surface area contributed by atoms with Crippen molar-refractivity contribution in [1.29, 1.82) is 0 Å². The summed E-state index contributed by atoms with van der Waals surface area (Å²) in [5.74, 6) is -0.430. The molecular formula is C27H40ClN3O6S. The second-order valence-corrected chi connectivity index (χ2v) is 11.3. The Hall–Kier alpha value is -2.24. The average molecular weight is 570 g/mol. The van der Waals surface area contributed by atoms with Crippen LogP contribution < -0.4 is 10.2 Å². The van der Waals surface area contributed by atoms with Crippen LogP contribution in [-0.2, 0) is 26.1 Å². The fraction of sp³-hybridized carbons (Fsp3) is 0.556. The number of aromatic nitrogens is 1. The molecule has 1 aliphatic carbocycles. The summed E-state index contributed by atoms with van der Waals surface area (Å²) in [5.41, 5.74) is 2.42. The number of sulfonamides is 1. The van der Waals surface area contributed by atoms with Crippen LogP contribution in [0.5, 0.6) is 5.75 Å². The van der Waals surface area contributed by atoms with Crippen molar-refractivity contribution < 1.29 is 27.9 Å². The summed E-state index contributed by atoms with van der Waals surface area (Å²) in [6.07, 6.45) is 8.77. The predicted molar refractivity (Wildman–Crippen MR) is 147 cm³/mol. The van der Waals surface area contributed by atoms with E-state index in [9.17, 15) is 18.4 Å². The van der Waals surface area contributed by atoms with Crippen LogP contribution in [0.2, 0.25) is 0 Å². The van der Waals surface area contributed by atoms with E-state index in [0.29, 0.717) is 37.4 Å². The zero-order valence-electron chi connectivity index (χ0n) is 22.1. The number of carbonyl (C=O) groups excluding carboxylic acids is 1. The molecule has 2 aromatic rings. The van der Waals surface area contributed by atoms with Crippen molar-refractivity contribution >= 4 is 28.3 Å². The van der Waals surface area contributed by atoms with Crippen LogP contribution in [0.3, 0.4) is 0 Å². The van der Waals surface area contributed by atoms with Crippen LogP contribution in [0.15, 0.2) is 53.7 Å². The van der Waals surface area contributed by atoms with Crippen LogP contribution in [0.1, 0.15) is 64.4 Å². The highest BCUT2D eigenvalue weighted by molar-refractivity contribution is 7.89. The number of nitrogens with zero attached hydrogens (tertiary/aromatic N) is 2. The van der Waals surface area contributed by atoms with Gasteiger partial charge in [0.05, 0.1) is 17.6 Å². The Morgan fingerprint density at radius 2 is 1.71 bits per heavy atom. The molecule has 1 aromatic heterocycles. The molecule has 2 N–H and O–H groups in total. The van der Waals surface area contributed by atoms with Gasteiger partial charge in [-0.3, -0.25) is 15.0 Å². The molecule has 1 heterocycles. The fourth-order valence-electron chi connectivity index (χ4n) is 4.68. The Labute approximate surface area is 232 Å². The lowest BCUT2D eigenvalue weighted by molar-refractivity contribution is -0.136. The van der Waals surface area contributed by atoms with Gasteiger partial charge in [-0.05, 0) is 86.4 Å². The maximum atomic E-state index is 14.0. The number of hydroxylamine groups is 1. The highest BCUT2D eigenvalue weighted by atomic mass is 35.5. The van der Waals surface area contributed by atoms with Crippen molar-refractivity contribution in [2.45, 2.75) is 82.4 Å². The number of pyridine rings is 1. The number of ether oxygens (including phenoxy) is 2. The molecule has 9 nitrogen and oxygen atoms in total. The van der Waals surface area contributed by atoms with Crippen molar-refractivity contribution in [1.82, 2.24) is 14.8 Å². The van der Waals surface area contributed by atoms with Crippen LogP contribution in [0.25, 0.3) is 0 Å². The van der Waals surface area contributed by atoms with E-state index in [1.54, 1.807) is 42.1 Å². The number of rotatable bonds is 14. The van der Waals surface area contributed by atoms with Gasteiger partial charge < -0.3 is 9.47 Å². The normalized spacial score (nSPS) is 18.4. The lowest BCUT2D eigenvalue weighted by atomic mass is 9.82. The zero-order chi connectivity index (χ0) is 26.7. The summed E-state index contributed by atoms with van der Waals surface area (Å²) in [5, 5.41) is 9.62. The van der Waals surface area contributed by atoms with E-state index >= 15 is 0 Å². The Morgan fingerprint density at radius 1 is 1.05 bits per heavy atom. The Morgan fingerprint density at radius 3 is 2.29 bits per heavy atom. The summed E-state index contributed by atoms with van der Waals surface area (Å²) in [6.45, 7) is 5.32. The standard InChI is InChI=1S/C27H39N3O6S.ClH/c1-3-5-19-36-24-10-12-25(13-11-24)37(33,34)30(20-21-14-16-28-17-15-21)26(27(31)29-32)22-6-8-23(9-7-22)35-18-4-2;/h10-17,22-23,26,32H,3-9,18-20H2,1-2H3,(H,29,31);1H/t22-,23-,26?;. The molecule has 1 aliphatic rings. The van der Waals surface area contributed by atoms with Gasteiger partial charge in [-0.2, -0.15) is 4.31 Å². The lowest BCUT2D eigenvalue weighted by Crippen LogP contribution is -2.53. The van der Waals surface area contributed by atoms with Crippen LogP contribution in [0, 0.1) is 5.92 Å². The van der Waals surface area contributed by atoms with E-state index in [2.05, 4.69) is 18.8 Å². The van der Waals surface area contributed by atoms with Crippen molar-refractivity contribution in [3.8, 4) is 5.75 Å². The predicted octanol–water partition coefficient (Wildman–Crippen LogP) is 4.73. The lowest BCUT2D eigenvalue weighted by Gasteiger charge is -2.38. The third-order valence-corrected chi connectivity index (χ3v) is 8.54. The third kappa shape index (κ3) is 8.64. The molecule has 1 unspecified atom stereocenters. The van der Waals surface area contributed by atoms with Gasteiger partial charge in [-0.25, -0.2) is 13.9 Å². The van der Waals surface area contributed by atoms with Crippen molar-refractivity contribution in [3.05, 3.63) is 54.4 Å². The highest BCUT2D eigenvalue weighted by Gasteiger charge is 2.42. The molecule has 1 saturated carbocycles. The third-order valence-electron chi connectivity index (χ3n) is 6.70. The monoisotopic (exact) mass is 569 g/mol. The first-order chi connectivity index (χ1) is 17.9. The molecule has 0 radical (unpaired) electrons. The topological polar surface area (TPSA) is 118 Å². The maximum absolute atomic E-state index is 14.0. The number of unbranched alkanes of at least 4 members (excludes halogenated alkanes) is 1. The largest absolute Gasteiger partial charge is 0.494 e. The second kappa shape index (κ2) is 16.0. The van der Waals surface area contributed by atoms with Gasteiger partial charge >= 0.3 is 0 Å². The molecule has 0 aliphatic heterocycles. The van der Waals surface area contributed by atoms with Crippen LogP contribution >= 0.6 is 12.4 Å². The van der Waals surface area contributed by atoms with E-state index in [-0.39, 0.29) is 35.9 Å². The average Bonchev–Trinajstić information content (AvgIpc) is 2.93. The molecule has 11 heteroatoms. The zero-order valence-corrected chi connectivity index (χ0v) is 23.8. The van der Waals surface area contributed by atoms with Gasteiger partial charge in [0, 0.05) is 25.5 Å². The number of carbonyl (C=O) groups is 1. The van der Waals surface area contributed by atoms with Gasteiger partial charge in [0.2, 0.25) is 10.0 Å². The molecule has 1 fully saturated rings. The Balaban J connectivity index is 0.00000507. The first kappa shape index (κ1) is 32.0. The molecule has 0 saturated heterocycles. The van der Waals surface area contributed by atoms with E-state index in [4.69, 9.17) is 9.47 Å². The molecule has 0 bridgehead atoms. The Kier molecular flexibility index (Phi) is 13.5. The van der Waals surface area contributed by atoms with Crippen LogP contribution in [-0.4, -0.2) is 54.2 Å². The maximum Gasteiger partial charge on any atom is 0.262 e. The number of halogens is 1. The molecular weight excluding hydrogens is 530 g/mol. The van der Waals surface area contributed by atoms with Gasteiger partial charge in [-0.1, -0.05) is 20.3 Å². The van der Waals surface area contributed by atoms with Gasteiger partial charge in [0.25, 0.3) is 5.91 Å².